The van der Waals surface area contributed by atoms with Gasteiger partial charge in [-0.3, -0.25) is 0 Å². The third-order valence-corrected chi connectivity index (χ3v) is 4.66. The summed E-state index contributed by atoms with van der Waals surface area (Å²) in [4.78, 5) is 4.34. The van der Waals surface area contributed by atoms with Crippen LogP contribution in [0.2, 0.25) is 10.0 Å². The maximum Gasteiger partial charge on any atom is 0.226 e. The second-order valence-electron chi connectivity index (χ2n) is 5.87. The molecule has 2 heterocycles. The van der Waals surface area contributed by atoms with Crippen LogP contribution in [0.15, 0.2) is 60.9 Å². The van der Waals surface area contributed by atoms with Gasteiger partial charge < -0.3 is 5.32 Å². The van der Waals surface area contributed by atoms with Crippen LogP contribution < -0.4 is 5.32 Å². The zero-order valence-corrected chi connectivity index (χ0v) is 14.4. The molecule has 1 aliphatic rings. The molecule has 1 aromatic heterocycles. The van der Waals surface area contributed by atoms with E-state index in [1.807, 2.05) is 48.5 Å². The summed E-state index contributed by atoms with van der Waals surface area (Å²) in [6, 6.07) is 15.5. The average molecular weight is 357 g/mol. The van der Waals surface area contributed by atoms with E-state index in [0.29, 0.717) is 16.0 Å². The first kappa shape index (κ1) is 15.2. The molecular formula is C18H14Cl2N4. The highest BCUT2D eigenvalue weighted by Gasteiger charge is 2.32. The van der Waals surface area contributed by atoms with Gasteiger partial charge in [-0.1, -0.05) is 47.5 Å². The number of anilines is 1. The first-order valence-corrected chi connectivity index (χ1v) is 8.24. The summed E-state index contributed by atoms with van der Waals surface area (Å²) in [5.41, 5.74) is 2.64. The van der Waals surface area contributed by atoms with Crippen molar-refractivity contribution in [3.8, 4) is 0 Å². The monoisotopic (exact) mass is 356 g/mol. The minimum Gasteiger partial charge on any atom is -0.341 e. The summed E-state index contributed by atoms with van der Waals surface area (Å²) in [6.45, 7) is 2.10. The number of nitrogens with one attached hydrogen (secondary N) is 1. The van der Waals surface area contributed by atoms with E-state index in [-0.39, 0.29) is 0 Å². The Hall–Kier alpha value is -2.30. The fraction of sp³-hybridized carbons (Fsp3) is 0.111. The first-order valence-electron chi connectivity index (χ1n) is 7.49. The SMILES string of the molecule is CC1(c2ccc(Cl)cc2)C=C(c2ccc(Cl)cc2)n2ncnc2N1. The van der Waals surface area contributed by atoms with Crippen molar-refractivity contribution in [1.82, 2.24) is 14.8 Å². The van der Waals surface area contributed by atoms with E-state index in [1.165, 1.54) is 0 Å². The van der Waals surface area contributed by atoms with Crippen molar-refractivity contribution < 1.29 is 0 Å². The summed E-state index contributed by atoms with van der Waals surface area (Å²) in [5.74, 6) is 0.694. The molecule has 0 spiro atoms. The molecule has 1 N–H and O–H groups in total. The Balaban J connectivity index is 1.87. The maximum atomic E-state index is 6.02. The predicted molar refractivity (Wildman–Crippen MR) is 97.3 cm³/mol. The third kappa shape index (κ3) is 2.58. The molecule has 3 aromatic rings. The van der Waals surface area contributed by atoms with Crippen LogP contribution in [0.1, 0.15) is 18.1 Å². The van der Waals surface area contributed by atoms with Gasteiger partial charge in [0.15, 0.2) is 0 Å². The van der Waals surface area contributed by atoms with Crippen LogP contribution in [0.25, 0.3) is 5.70 Å². The number of rotatable bonds is 2. The lowest BCUT2D eigenvalue weighted by Crippen LogP contribution is -2.35. The summed E-state index contributed by atoms with van der Waals surface area (Å²) < 4.78 is 1.79. The van der Waals surface area contributed by atoms with Crippen LogP contribution in [-0.2, 0) is 5.54 Å². The molecule has 0 bridgehead atoms. The molecule has 0 amide bonds. The van der Waals surface area contributed by atoms with Gasteiger partial charge in [0.25, 0.3) is 0 Å². The highest BCUT2D eigenvalue weighted by molar-refractivity contribution is 6.30. The molecule has 6 heteroatoms. The van der Waals surface area contributed by atoms with E-state index in [4.69, 9.17) is 23.2 Å². The lowest BCUT2D eigenvalue weighted by Gasteiger charge is -2.33. The van der Waals surface area contributed by atoms with E-state index >= 15 is 0 Å². The molecule has 1 unspecified atom stereocenters. The van der Waals surface area contributed by atoms with E-state index in [2.05, 4.69) is 28.4 Å². The summed E-state index contributed by atoms with van der Waals surface area (Å²) >= 11 is 12.0. The number of hydrogen-bond acceptors (Lipinski definition) is 3. The molecule has 24 heavy (non-hydrogen) atoms. The van der Waals surface area contributed by atoms with Crippen molar-refractivity contribution >= 4 is 34.8 Å². The Bertz CT molecular complexity index is 913. The highest BCUT2D eigenvalue weighted by atomic mass is 35.5. The lowest BCUT2D eigenvalue weighted by molar-refractivity contribution is 0.650. The molecule has 0 radical (unpaired) electrons. The Labute approximate surface area is 149 Å². The van der Waals surface area contributed by atoms with Crippen molar-refractivity contribution in [2.24, 2.45) is 0 Å². The van der Waals surface area contributed by atoms with Gasteiger partial charge in [0, 0.05) is 15.6 Å². The fourth-order valence-electron chi connectivity index (χ4n) is 2.88. The van der Waals surface area contributed by atoms with E-state index < -0.39 is 5.54 Å². The highest BCUT2D eigenvalue weighted by Crippen LogP contribution is 2.36. The van der Waals surface area contributed by atoms with Gasteiger partial charge in [-0.2, -0.15) is 14.8 Å². The van der Waals surface area contributed by atoms with Crippen LogP contribution in [0.5, 0.6) is 0 Å². The minimum absolute atomic E-state index is 0.428. The molecule has 4 nitrogen and oxygen atoms in total. The topological polar surface area (TPSA) is 42.7 Å². The minimum atomic E-state index is -0.428. The van der Waals surface area contributed by atoms with Crippen LogP contribution in [-0.4, -0.2) is 14.8 Å². The van der Waals surface area contributed by atoms with Crippen LogP contribution in [0, 0.1) is 0 Å². The molecule has 4 rings (SSSR count). The van der Waals surface area contributed by atoms with Crippen LogP contribution in [0.4, 0.5) is 5.95 Å². The van der Waals surface area contributed by atoms with Gasteiger partial charge in [-0.25, -0.2) is 0 Å². The predicted octanol–water partition coefficient (Wildman–Crippen LogP) is 4.82. The zero-order valence-electron chi connectivity index (χ0n) is 12.9. The van der Waals surface area contributed by atoms with E-state index in [1.54, 1.807) is 11.0 Å². The molecule has 0 fully saturated rings. The Kier molecular flexibility index (Phi) is 3.59. The second kappa shape index (κ2) is 5.65. The number of benzene rings is 2. The van der Waals surface area contributed by atoms with Gasteiger partial charge in [0.2, 0.25) is 5.95 Å². The second-order valence-corrected chi connectivity index (χ2v) is 6.74. The van der Waals surface area contributed by atoms with Gasteiger partial charge >= 0.3 is 0 Å². The quantitative estimate of drug-likeness (QED) is 0.715. The molecule has 0 saturated carbocycles. The number of aromatic nitrogens is 3. The normalized spacial score (nSPS) is 19.4. The molecule has 1 aliphatic heterocycles. The number of fused-ring (bicyclic) bond motifs is 1. The summed E-state index contributed by atoms with van der Waals surface area (Å²) in [5, 5.41) is 9.19. The molecule has 2 aromatic carbocycles. The summed E-state index contributed by atoms with van der Waals surface area (Å²) in [6.07, 6.45) is 3.68. The molecule has 1 atom stereocenters. The largest absolute Gasteiger partial charge is 0.341 e. The Morgan fingerprint density at radius 3 is 2.25 bits per heavy atom. The summed E-state index contributed by atoms with van der Waals surface area (Å²) in [7, 11) is 0. The van der Waals surface area contributed by atoms with E-state index in [9.17, 15) is 0 Å². The van der Waals surface area contributed by atoms with E-state index in [0.717, 1.165) is 16.8 Å². The first-order chi connectivity index (χ1) is 11.5. The van der Waals surface area contributed by atoms with Gasteiger partial charge in [0.05, 0.1) is 11.2 Å². The molecule has 0 saturated heterocycles. The molecule has 120 valence electrons. The molecule has 0 aliphatic carbocycles. The zero-order chi connectivity index (χ0) is 16.7. The van der Waals surface area contributed by atoms with Crippen LogP contribution in [0.3, 0.4) is 0 Å². The van der Waals surface area contributed by atoms with Crippen molar-refractivity contribution in [2.75, 3.05) is 5.32 Å². The fourth-order valence-corrected chi connectivity index (χ4v) is 3.14. The maximum absolute atomic E-state index is 6.02. The van der Waals surface area contributed by atoms with Crippen molar-refractivity contribution in [2.45, 2.75) is 12.5 Å². The van der Waals surface area contributed by atoms with Crippen LogP contribution >= 0.6 is 23.2 Å². The van der Waals surface area contributed by atoms with Gasteiger partial charge in [-0.15, -0.1) is 0 Å². The molecular weight excluding hydrogens is 343 g/mol. The smallest absolute Gasteiger partial charge is 0.226 e. The lowest BCUT2D eigenvalue weighted by atomic mass is 9.89. The average Bonchev–Trinajstić information content (AvgIpc) is 3.03. The van der Waals surface area contributed by atoms with Crippen molar-refractivity contribution in [3.05, 3.63) is 82.1 Å². The number of halogens is 2. The van der Waals surface area contributed by atoms with Gasteiger partial charge in [0.1, 0.15) is 6.33 Å². The Morgan fingerprint density at radius 2 is 1.58 bits per heavy atom. The Morgan fingerprint density at radius 1 is 0.958 bits per heavy atom. The number of nitrogens with zero attached hydrogens (tertiary/aromatic N) is 3. The van der Waals surface area contributed by atoms with Gasteiger partial charge in [-0.05, 0) is 42.8 Å². The standard InChI is InChI=1S/C18H14Cl2N4/c1-18(13-4-8-15(20)9-5-13)10-16(12-2-6-14(19)7-3-12)24-17(23-18)21-11-22-24/h2-11H,1H3,(H,21,22,23). The number of hydrogen-bond donors (Lipinski definition) is 1. The van der Waals surface area contributed by atoms with Crippen molar-refractivity contribution in [1.29, 1.82) is 0 Å². The third-order valence-electron chi connectivity index (χ3n) is 4.16. The van der Waals surface area contributed by atoms with Crippen molar-refractivity contribution in [3.63, 3.8) is 0 Å².